The number of pyridine rings is 1. The van der Waals surface area contributed by atoms with Gasteiger partial charge in [0, 0.05) is 12.2 Å². The quantitative estimate of drug-likeness (QED) is 0.769. The molecule has 8 heteroatoms. The van der Waals surface area contributed by atoms with E-state index in [0.717, 1.165) is 30.1 Å². The second kappa shape index (κ2) is 5.72. The van der Waals surface area contributed by atoms with Crippen molar-refractivity contribution < 1.29 is 14.7 Å². The second-order valence-electron chi connectivity index (χ2n) is 4.87. The molecule has 1 saturated carbocycles. The second-order valence-corrected chi connectivity index (χ2v) is 5.81. The largest absolute Gasteiger partial charge is 0.481 e. The topological polar surface area (TPSA) is 97.1 Å². The monoisotopic (exact) mass is 306 g/mol. The van der Waals surface area contributed by atoms with E-state index >= 15 is 0 Å². The summed E-state index contributed by atoms with van der Waals surface area (Å²) in [6.45, 7) is 0.138. The van der Waals surface area contributed by atoms with Gasteiger partial charge in [0.15, 0.2) is 5.16 Å². The Kier molecular flexibility index (Phi) is 3.78. The Balaban J connectivity index is 1.86. The molecule has 2 aromatic heterocycles. The number of nitrogens with zero attached hydrogens (tertiary/aromatic N) is 3. The van der Waals surface area contributed by atoms with Crippen molar-refractivity contribution in [3.8, 4) is 0 Å². The molecule has 0 spiro atoms. The van der Waals surface area contributed by atoms with E-state index in [-0.39, 0.29) is 18.2 Å². The lowest BCUT2D eigenvalue weighted by molar-refractivity contribution is -0.133. The molecule has 1 amide bonds. The van der Waals surface area contributed by atoms with Crippen molar-refractivity contribution in [1.82, 2.24) is 19.9 Å². The molecule has 0 saturated heterocycles. The number of aliphatic carboxylic acids is 1. The first-order chi connectivity index (χ1) is 10.1. The first kappa shape index (κ1) is 13.9. The number of carbonyl (C=O) groups excluding carboxylic acids is 1. The van der Waals surface area contributed by atoms with E-state index in [4.69, 9.17) is 5.11 Å². The first-order valence-corrected chi connectivity index (χ1v) is 7.56. The van der Waals surface area contributed by atoms with Crippen LogP contribution in [0.2, 0.25) is 0 Å². The zero-order chi connectivity index (χ0) is 14.8. The minimum atomic E-state index is -0.917. The van der Waals surface area contributed by atoms with Crippen LogP contribution in [0.25, 0.3) is 11.0 Å². The molecule has 0 aromatic carbocycles. The number of carboxylic acid groups (broad SMARTS) is 1. The highest BCUT2D eigenvalue weighted by Crippen LogP contribution is 2.24. The number of carboxylic acids is 1. The zero-order valence-electron chi connectivity index (χ0n) is 11.2. The number of hydrogen-bond donors (Lipinski definition) is 2. The predicted octanol–water partition coefficient (Wildman–Crippen LogP) is 0.887. The maximum Gasteiger partial charge on any atom is 0.313 e. The molecule has 0 atom stereocenters. The maximum atomic E-state index is 12.0. The molecule has 2 aromatic rings. The Morgan fingerprint density at radius 2 is 2.29 bits per heavy atom. The third-order valence-corrected chi connectivity index (χ3v) is 4.05. The van der Waals surface area contributed by atoms with Gasteiger partial charge in [0.2, 0.25) is 5.91 Å². The third kappa shape index (κ3) is 3.33. The van der Waals surface area contributed by atoms with Gasteiger partial charge in [-0.15, -0.1) is 0 Å². The van der Waals surface area contributed by atoms with E-state index in [0.29, 0.717) is 16.7 Å². The predicted molar refractivity (Wildman–Crippen MR) is 77.1 cm³/mol. The summed E-state index contributed by atoms with van der Waals surface area (Å²) < 4.78 is 1.74. The molecule has 1 fully saturated rings. The number of fused-ring (bicyclic) bond motifs is 1. The molecule has 0 radical (unpaired) electrons. The summed E-state index contributed by atoms with van der Waals surface area (Å²) in [7, 11) is 0. The Labute approximate surface area is 124 Å². The standard InChI is InChI=1S/C13H14N4O3S/c18-11(15-8-1-2-8)6-17-10-3-4-14-5-9(10)16-13(17)21-7-12(19)20/h3-5,8H,1-2,6-7H2,(H,15,18)(H,19,20). The van der Waals surface area contributed by atoms with Crippen LogP contribution in [0.15, 0.2) is 23.6 Å². The van der Waals surface area contributed by atoms with Crippen LogP contribution < -0.4 is 5.32 Å². The van der Waals surface area contributed by atoms with Gasteiger partial charge in [-0.3, -0.25) is 14.6 Å². The molecule has 110 valence electrons. The molecule has 1 aliphatic rings. The fourth-order valence-electron chi connectivity index (χ4n) is 1.99. The molecule has 0 aliphatic heterocycles. The lowest BCUT2D eigenvalue weighted by Crippen LogP contribution is -2.29. The molecular formula is C13H14N4O3S. The van der Waals surface area contributed by atoms with Gasteiger partial charge in [-0.05, 0) is 18.9 Å². The number of nitrogens with one attached hydrogen (secondary N) is 1. The van der Waals surface area contributed by atoms with Crippen LogP contribution in [0, 0.1) is 0 Å². The summed E-state index contributed by atoms with van der Waals surface area (Å²) in [5, 5.41) is 12.2. The lowest BCUT2D eigenvalue weighted by atomic mass is 10.4. The molecular weight excluding hydrogens is 292 g/mol. The normalized spacial score (nSPS) is 14.3. The maximum absolute atomic E-state index is 12.0. The van der Waals surface area contributed by atoms with Crippen molar-refractivity contribution in [1.29, 1.82) is 0 Å². The van der Waals surface area contributed by atoms with E-state index in [2.05, 4.69) is 15.3 Å². The van der Waals surface area contributed by atoms with Crippen LogP contribution in [0.3, 0.4) is 0 Å². The van der Waals surface area contributed by atoms with Gasteiger partial charge in [0.25, 0.3) is 0 Å². The van der Waals surface area contributed by atoms with Crippen LogP contribution in [-0.2, 0) is 16.1 Å². The van der Waals surface area contributed by atoms with Gasteiger partial charge in [-0.2, -0.15) is 0 Å². The highest BCUT2D eigenvalue weighted by Gasteiger charge is 2.24. The Morgan fingerprint density at radius 3 is 3.00 bits per heavy atom. The number of hydrogen-bond acceptors (Lipinski definition) is 5. The molecule has 1 aliphatic carbocycles. The molecule has 2 N–H and O–H groups in total. The molecule has 3 rings (SSSR count). The van der Waals surface area contributed by atoms with Gasteiger partial charge in [-0.1, -0.05) is 11.8 Å². The van der Waals surface area contributed by atoms with Crippen LogP contribution in [0.4, 0.5) is 0 Å². The fraction of sp³-hybridized carbons (Fsp3) is 0.385. The number of rotatable bonds is 6. The minimum Gasteiger partial charge on any atom is -0.481 e. The number of aromatic nitrogens is 3. The summed E-state index contributed by atoms with van der Waals surface area (Å²) in [5.41, 5.74) is 1.44. The van der Waals surface area contributed by atoms with Gasteiger partial charge in [-0.25, -0.2) is 4.98 Å². The third-order valence-electron chi connectivity index (χ3n) is 3.08. The summed E-state index contributed by atoms with van der Waals surface area (Å²) >= 11 is 1.10. The van der Waals surface area contributed by atoms with Crippen LogP contribution >= 0.6 is 11.8 Å². The van der Waals surface area contributed by atoms with Crippen molar-refractivity contribution >= 4 is 34.7 Å². The van der Waals surface area contributed by atoms with Gasteiger partial charge in [0.05, 0.1) is 17.5 Å². The minimum absolute atomic E-state index is 0.0780. The zero-order valence-corrected chi connectivity index (χ0v) is 12.0. The van der Waals surface area contributed by atoms with E-state index in [1.165, 1.54) is 0 Å². The summed E-state index contributed by atoms with van der Waals surface area (Å²) in [4.78, 5) is 31.1. The first-order valence-electron chi connectivity index (χ1n) is 6.57. The summed E-state index contributed by atoms with van der Waals surface area (Å²) in [6.07, 6.45) is 5.29. The molecule has 2 heterocycles. The van der Waals surface area contributed by atoms with Gasteiger partial charge in [0.1, 0.15) is 12.1 Å². The summed E-state index contributed by atoms with van der Waals surface area (Å²) in [5.74, 6) is -1.09. The smallest absolute Gasteiger partial charge is 0.313 e. The van der Waals surface area contributed by atoms with Crippen molar-refractivity contribution in [3.05, 3.63) is 18.5 Å². The van der Waals surface area contributed by atoms with Crippen LogP contribution in [0.5, 0.6) is 0 Å². The van der Waals surface area contributed by atoms with Crippen molar-refractivity contribution in [2.45, 2.75) is 30.6 Å². The number of carbonyl (C=O) groups is 2. The molecule has 21 heavy (non-hydrogen) atoms. The Bertz CT molecular complexity index is 696. The van der Waals surface area contributed by atoms with E-state index in [1.54, 1.807) is 23.0 Å². The molecule has 7 nitrogen and oxygen atoms in total. The van der Waals surface area contributed by atoms with Crippen LogP contribution in [-0.4, -0.2) is 43.3 Å². The number of amides is 1. The Hall–Kier alpha value is -2.09. The fourth-order valence-corrected chi connectivity index (χ4v) is 2.73. The summed E-state index contributed by atoms with van der Waals surface area (Å²) in [6, 6.07) is 2.07. The highest BCUT2D eigenvalue weighted by molar-refractivity contribution is 7.99. The molecule has 0 bridgehead atoms. The van der Waals surface area contributed by atoms with E-state index in [1.807, 2.05) is 0 Å². The van der Waals surface area contributed by atoms with Crippen molar-refractivity contribution in [3.63, 3.8) is 0 Å². The number of thioether (sulfide) groups is 1. The van der Waals surface area contributed by atoms with Gasteiger partial charge >= 0.3 is 5.97 Å². The van der Waals surface area contributed by atoms with Crippen molar-refractivity contribution in [2.24, 2.45) is 0 Å². The van der Waals surface area contributed by atoms with Crippen LogP contribution in [0.1, 0.15) is 12.8 Å². The lowest BCUT2D eigenvalue weighted by Gasteiger charge is -2.08. The number of imidazole rings is 1. The Morgan fingerprint density at radius 1 is 1.48 bits per heavy atom. The molecule has 0 unspecified atom stereocenters. The SMILES string of the molecule is O=C(O)CSc1nc2cnccc2n1CC(=O)NC1CC1. The average molecular weight is 306 g/mol. The highest BCUT2D eigenvalue weighted by atomic mass is 32.2. The van der Waals surface area contributed by atoms with Crippen molar-refractivity contribution in [2.75, 3.05) is 5.75 Å². The van der Waals surface area contributed by atoms with Gasteiger partial charge < -0.3 is 15.0 Å². The van der Waals surface area contributed by atoms with E-state index < -0.39 is 5.97 Å². The average Bonchev–Trinajstić information content (AvgIpc) is 3.19. The van der Waals surface area contributed by atoms with E-state index in [9.17, 15) is 9.59 Å².